The van der Waals surface area contributed by atoms with Crippen LogP contribution in [-0.4, -0.2) is 10.9 Å². The highest BCUT2D eigenvalue weighted by atomic mass is 35.5. The SMILES string of the molecule is N#Cc1ncccc1C=CCCCl. The number of rotatable bonds is 3. The topological polar surface area (TPSA) is 36.7 Å². The van der Waals surface area contributed by atoms with Gasteiger partial charge in [0.25, 0.3) is 0 Å². The number of alkyl halides is 1. The van der Waals surface area contributed by atoms with Crippen LogP contribution in [0, 0.1) is 11.3 Å². The van der Waals surface area contributed by atoms with Crippen LogP contribution < -0.4 is 0 Å². The van der Waals surface area contributed by atoms with Gasteiger partial charge in [0.05, 0.1) is 0 Å². The van der Waals surface area contributed by atoms with Crippen molar-refractivity contribution >= 4 is 17.7 Å². The summed E-state index contributed by atoms with van der Waals surface area (Å²) in [5.41, 5.74) is 1.29. The minimum atomic E-state index is 0.452. The first kappa shape index (κ1) is 9.76. The van der Waals surface area contributed by atoms with Gasteiger partial charge in [-0.2, -0.15) is 5.26 Å². The molecule has 0 aliphatic heterocycles. The molecule has 0 radical (unpaired) electrons. The average Bonchev–Trinajstić information content (AvgIpc) is 2.19. The summed E-state index contributed by atoms with van der Waals surface area (Å²) in [7, 11) is 0. The summed E-state index contributed by atoms with van der Waals surface area (Å²) in [6.07, 6.45) is 6.22. The molecule has 0 amide bonds. The predicted molar refractivity (Wildman–Crippen MR) is 53.3 cm³/mol. The Kier molecular flexibility index (Phi) is 4.01. The first-order chi connectivity index (χ1) is 6.38. The zero-order valence-corrected chi connectivity index (χ0v) is 7.83. The number of hydrogen-bond acceptors (Lipinski definition) is 2. The summed E-state index contributed by atoms with van der Waals surface area (Å²) >= 11 is 5.51. The fourth-order valence-electron chi connectivity index (χ4n) is 0.919. The molecule has 13 heavy (non-hydrogen) atoms. The van der Waals surface area contributed by atoms with Crippen LogP contribution in [0.5, 0.6) is 0 Å². The van der Waals surface area contributed by atoms with E-state index in [-0.39, 0.29) is 0 Å². The van der Waals surface area contributed by atoms with E-state index in [1.54, 1.807) is 12.3 Å². The van der Waals surface area contributed by atoms with E-state index < -0.39 is 0 Å². The minimum absolute atomic E-state index is 0.452. The third kappa shape index (κ3) is 2.89. The summed E-state index contributed by atoms with van der Waals surface area (Å²) in [5, 5.41) is 8.70. The number of nitriles is 1. The Bertz CT molecular complexity index is 339. The zero-order chi connectivity index (χ0) is 9.52. The van der Waals surface area contributed by atoms with Gasteiger partial charge in [-0.05, 0) is 12.5 Å². The summed E-state index contributed by atoms with van der Waals surface area (Å²) in [6, 6.07) is 5.69. The number of pyridine rings is 1. The third-order valence-electron chi connectivity index (χ3n) is 1.52. The summed E-state index contributed by atoms with van der Waals surface area (Å²) < 4.78 is 0. The van der Waals surface area contributed by atoms with E-state index in [2.05, 4.69) is 4.98 Å². The lowest BCUT2D eigenvalue weighted by Crippen LogP contribution is -1.85. The maximum Gasteiger partial charge on any atom is 0.147 e. The Balaban J connectivity index is 2.82. The van der Waals surface area contributed by atoms with E-state index in [0.29, 0.717) is 11.6 Å². The second-order valence-corrected chi connectivity index (χ2v) is 2.81. The van der Waals surface area contributed by atoms with Gasteiger partial charge in [0, 0.05) is 17.6 Å². The molecule has 0 unspecified atom stereocenters. The first-order valence-electron chi connectivity index (χ1n) is 3.96. The molecular formula is C10H9ClN2. The van der Waals surface area contributed by atoms with E-state index in [1.165, 1.54) is 0 Å². The van der Waals surface area contributed by atoms with Gasteiger partial charge in [0.15, 0.2) is 0 Å². The lowest BCUT2D eigenvalue weighted by molar-refractivity contribution is 1.23. The van der Waals surface area contributed by atoms with Crippen molar-refractivity contribution in [3.8, 4) is 6.07 Å². The molecule has 0 saturated heterocycles. The Morgan fingerprint density at radius 2 is 2.46 bits per heavy atom. The second-order valence-electron chi connectivity index (χ2n) is 2.43. The van der Waals surface area contributed by atoms with Crippen molar-refractivity contribution < 1.29 is 0 Å². The third-order valence-corrected chi connectivity index (χ3v) is 1.74. The molecule has 1 aromatic heterocycles. The molecule has 0 aliphatic carbocycles. The maximum absolute atomic E-state index is 8.70. The quantitative estimate of drug-likeness (QED) is 0.691. The highest BCUT2D eigenvalue weighted by Gasteiger charge is 1.96. The molecular weight excluding hydrogens is 184 g/mol. The van der Waals surface area contributed by atoms with Crippen molar-refractivity contribution in [2.24, 2.45) is 0 Å². The minimum Gasteiger partial charge on any atom is -0.245 e. The van der Waals surface area contributed by atoms with Crippen LogP contribution in [0.4, 0.5) is 0 Å². The van der Waals surface area contributed by atoms with Crippen LogP contribution in [0.3, 0.4) is 0 Å². The van der Waals surface area contributed by atoms with Crippen LogP contribution in [0.25, 0.3) is 6.08 Å². The Morgan fingerprint density at radius 1 is 1.62 bits per heavy atom. The molecule has 3 heteroatoms. The second kappa shape index (κ2) is 5.34. The number of nitrogens with zero attached hydrogens (tertiary/aromatic N) is 2. The molecule has 0 aliphatic rings. The number of hydrogen-bond donors (Lipinski definition) is 0. The molecule has 0 spiro atoms. The number of allylic oxidation sites excluding steroid dienone is 1. The van der Waals surface area contributed by atoms with E-state index in [0.717, 1.165) is 12.0 Å². The Labute approximate surface area is 82.5 Å². The van der Waals surface area contributed by atoms with Crippen LogP contribution >= 0.6 is 11.6 Å². The molecule has 1 heterocycles. The van der Waals surface area contributed by atoms with E-state index in [4.69, 9.17) is 16.9 Å². The lowest BCUT2D eigenvalue weighted by Gasteiger charge is -1.94. The Hall–Kier alpha value is -1.33. The number of aromatic nitrogens is 1. The monoisotopic (exact) mass is 192 g/mol. The van der Waals surface area contributed by atoms with Gasteiger partial charge in [-0.3, -0.25) is 0 Å². The molecule has 0 N–H and O–H groups in total. The van der Waals surface area contributed by atoms with Crippen molar-refractivity contribution in [1.82, 2.24) is 4.98 Å². The smallest absolute Gasteiger partial charge is 0.147 e. The van der Waals surface area contributed by atoms with Crippen LogP contribution in [0.1, 0.15) is 17.7 Å². The fourth-order valence-corrected chi connectivity index (χ4v) is 1.04. The highest BCUT2D eigenvalue weighted by molar-refractivity contribution is 6.17. The average molecular weight is 193 g/mol. The number of halogens is 1. The predicted octanol–water partition coefficient (Wildman–Crippen LogP) is 2.60. The molecule has 0 saturated carbocycles. The fraction of sp³-hybridized carbons (Fsp3) is 0.200. The first-order valence-corrected chi connectivity index (χ1v) is 4.49. The van der Waals surface area contributed by atoms with E-state index in [1.807, 2.05) is 24.3 Å². The van der Waals surface area contributed by atoms with Gasteiger partial charge >= 0.3 is 0 Å². The van der Waals surface area contributed by atoms with Gasteiger partial charge < -0.3 is 0 Å². The molecule has 0 aromatic carbocycles. The highest BCUT2D eigenvalue weighted by Crippen LogP contribution is 2.06. The van der Waals surface area contributed by atoms with Gasteiger partial charge in [-0.1, -0.05) is 18.2 Å². The van der Waals surface area contributed by atoms with E-state index in [9.17, 15) is 0 Å². The van der Waals surface area contributed by atoms with Crippen LogP contribution in [-0.2, 0) is 0 Å². The standard InChI is InChI=1S/C10H9ClN2/c11-6-2-1-4-9-5-3-7-13-10(9)8-12/h1,3-5,7H,2,6H2. The normalized spacial score (nSPS) is 10.2. The molecule has 0 fully saturated rings. The summed E-state index contributed by atoms with van der Waals surface area (Å²) in [5.74, 6) is 0.596. The largest absolute Gasteiger partial charge is 0.245 e. The van der Waals surface area contributed by atoms with E-state index >= 15 is 0 Å². The Morgan fingerprint density at radius 3 is 3.15 bits per heavy atom. The summed E-state index contributed by atoms with van der Waals surface area (Å²) in [6.45, 7) is 0. The van der Waals surface area contributed by atoms with Crippen molar-refractivity contribution in [1.29, 1.82) is 5.26 Å². The van der Waals surface area contributed by atoms with Gasteiger partial charge in [-0.25, -0.2) is 4.98 Å². The van der Waals surface area contributed by atoms with Crippen molar-refractivity contribution in [3.63, 3.8) is 0 Å². The maximum atomic E-state index is 8.70. The van der Waals surface area contributed by atoms with Gasteiger partial charge in [0.2, 0.25) is 0 Å². The molecule has 66 valence electrons. The van der Waals surface area contributed by atoms with Crippen molar-refractivity contribution in [3.05, 3.63) is 35.7 Å². The molecule has 0 bridgehead atoms. The van der Waals surface area contributed by atoms with Crippen LogP contribution in [0.15, 0.2) is 24.4 Å². The van der Waals surface area contributed by atoms with Gasteiger partial charge in [0.1, 0.15) is 11.8 Å². The molecule has 2 nitrogen and oxygen atoms in total. The molecule has 0 atom stereocenters. The summed E-state index contributed by atoms with van der Waals surface area (Å²) in [4.78, 5) is 3.93. The van der Waals surface area contributed by atoms with Gasteiger partial charge in [-0.15, -0.1) is 11.6 Å². The molecule has 1 rings (SSSR count). The zero-order valence-electron chi connectivity index (χ0n) is 7.07. The molecule has 1 aromatic rings. The van der Waals surface area contributed by atoms with Crippen molar-refractivity contribution in [2.75, 3.05) is 5.88 Å². The lowest BCUT2D eigenvalue weighted by atomic mass is 10.2. The van der Waals surface area contributed by atoms with Crippen molar-refractivity contribution in [2.45, 2.75) is 6.42 Å². The van der Waals surface area contributed by atoms with Crippen LogP contribution in [0.2, 0.25) is 0 Å².